The molecule has 1 heterocycles. The third kappa shape index (κ3) is 4.22. The van der Waals surface area contributed by atoms with E-state index >= 15 is 0 Å². The second kappa shape index (κ2) is 8.17. The number of ether oxygens (including phenoxy) is 1. The molecule has 6 heteroatoms. The zero-order valence-corrected chi connectivity index (χ0v) is 17.2. The van der Waals surface area contributed by atoms with Crippen molar-refractivity contribution in [2.24, 2.45) is 0 Å². The van der Waals surface area contributed by atoms with Crippen LogP contribution in [-0.2, 0) is 16.0 Å². The molecule has 0 saturated heterocycles. The Morgan fingerprint density at radius 2 is 1.59 bits per heavy atom. The van der Waals surface area contributed by atoms with Crippen molar-refractivity contribution in [3.8, 4) is 0 Å². The maximum atomic E-state index is 12.7. The Morgan fingerprint density at radius 1 is 1.03 bits per heavy atom. The van der Waals surface area contributed by atoms with Gasteiger partial charge in [0.1, 0.15) is 6.10 Å². The predicted molar refractivity (Wildman–Crippen MR) is 111 cm³/mol. The van der Waals surface area contributed by atoms with Gasteiger partial charge in [-0.1, -0.05) is 31.2 Å². The smallest absolute Gasteiger partial charge is 0.262 e. The van der Waals surface area contributed by atoms with Gasteiger partial charge in [0.05, 0.1) is 23.3 Å². The van der Waals surface area contributed by atoms with Gasteiger partial charge in [-0.05, 0) is 57.0 Å². The van der Waals surface area contributed by atoms with E-state index in [0.717, 1.165) is 6.42 Å². The monoisotopic (exact) mass is 394 g/mol. The normalized spacial score (nSPS) is 14.7. The molecule has 1 atom stereocenters. The number of nitrogens with one attached hydrogen (secondary N) is 1. The summed E-state index contributed by atoms with van der Waals surface area (Å²) in [5.41, 5.74) is 1.78. The highest BCUT2D eigenvalue weighted by Gasteiger charge is 2.44. The van der Waals surface area contributed by atoms with E-state index in [0.29, 0.717) is 16.8 Å². The van der Waals surface area contributed by atoms with E-state index in [9.17, 15) is 14.4 Å². The van der Waals surface area contributed by atoms with E-state index in [4.69, 9.17) is 4.74 Å². The Hall–Kier alpha value is -2.99. The van der Waals surface area contributed by atoms with Crippen LogP contribution >= 0.6 is 0 Å². The van der Waals surface area contributed by atoms with Gasteiger partial charge in [0.25, 0.3) is 17.7 Å². The van der Waals surface area contributed by atoms with Crippen molar-refractivity contribution in [1.82, 2.24) is 4.90 Å². The van der Waals surface area contributed by atoms with Gasteiger partial charge >= 0.3 is 0 Å². The summed E-state index contributed by atoms with van der Waals surface area (Å²) in [5, 5.41) is 2.82. The van der Waals surface area contributed by atoms with Crippen LogP contribution in [0.15, 0.2) is 48.5 Å². The third-order valence-corrected chi connectivity index (χ3v) is 5.08. The lowest BCUT2D eigenvalue weighted by Crippen LogP contribution is -2.51. The molecule has 1 aliphatic heterocycles. The molecule has 1 unspecified atom stereocenters. The van der Waals surface area contributed by atoms with E-state index in [1.54, 1.807) is 45.0 Å². The van der Waals surface area contributed by atoms with Gasteiger partial charge in [0, 0.05) is 5.69 Å². The van der Waals surface area contributed by atoms with Gasteiger partial charge in [-0.15, -0.1) is 0 Å². The van der Waals surface area contributed by atoms with Crippen molar-refractivity contribution in [2.45, 2.75) is 45.8 Å². The Balaban J connectivity index is 1.61. The molecule has 3 amide bonds. The lowest BCUT2D eigenvalue weighted by atomic mass is 10.0. The zero-order valence-electron chi connectivity index (χ0n) is 17.2. The van der Waals surface area contributed by atoms with Crippen LogP contribution < -0.4 is 5.32 Å². The minimum Gasteiger partial charge on any atom is -0.366 e. The number of nitrogens with zero attached hydrogens (tertiary/aromatic N) is 1. The molecule has 152 valence electrons. The van der Waals surface area contributed by atoms with Crippen LogP contribution in [0.2, 0.25) is 0 Å². The highest BCUT2D eigenvalue weighted by Crippen LogP contribution is 2.29. The SMILES string of the molecule is CCc1ccc(NC(=O)C(C)OCC(C)(C)N2C(=O)c3ccccc3C2=O)cc1. The molecule has 0 aliphatic carbocycles. The first-order chi connectivity index (χ1) is 13.7. The summed E-state index contributed by atoms with van der Waals surface area (Å²) >= 11 is 0. The van der Waals surface area contributed by atoms with Gasteiger partial charge in [0.2, 0.25) is 0 Å². The maximum Gasteiger partial charge on any atom is 0.262 e. The number of hydrogen-bond acceptors (Lipinski definition) is 4. The Kier molecular flexibility index (Phi) is 5.84. The van der Waals surface area contributed by atoms with Gasteiger partial charge in [-0.25, -0.2) is 0 Å². The topological polar surface area (TPSA) is 75.7 Å². The highest BCUT2D eigenvalue weighted by molar-refractivity contribution is 6.21. The molecule has 2 aromatic rings. The summed E-state index contributed by atoms with van der Waals surface area (Å²) < 4.78 is 5.74. The van der Waals surface area contributed by atoms with Crippen LogP contribution in [0.4, 0.5) is 5.69 Å². The lowest BCUT2D eigenvalue weighted by molar-refractivity contribution is -0.128. The average Bonchev–Trinajstić information content (AvgIpc) is 2.98. The molecular formula is C23H26N2O4. The van der Waals surface area contributed by atoms with Crippen molar-refractivity contribution >= 4 is 23.4 Å². The summed E-state index contributed by atoms with van der Waals surface area (Å²) in [4.78, 5) is 39.0. The van der Waals surface area contributed by atoms with Crippen LogP contribution in [0.1, 0.15) is 54.0 Å². The second-order valence-corrected chi connectivity index (χ2v) is 7.80. The van der Waals surface area contributed by atoms with Crippen molar-refractivity contribution in [1.29, 1.82) is 0 Å². The summed E-state index contributed by atoms with van der Waals surface area (Å²) in [6, 6.07) is 14.4. The zero-order chi connectivity index (χ0) is 21.2. The number of hydrogen-bond donors (Lipinski definition) is 1. The minimum absolute atomic E-state index is 0.0435. The van der Waals surface area contributed by atoms with Crippen LogP contribution in [0.25, 0.3) is 0 Å². The molecule has 0 spiro atoms. The number of anilines is 1. The standard InChI is InChI=1S/C23H26N2O4/c1-5-16-10-12-17(13-11-16)24-20(26)15(2)29-14-23(3,4)25-21(27)18-8-6-7-9-19(18)22(25)28/h6-13,15H,5,14H2,1-4H3,(H,24,26). The molecule has 1 N–H and O–H groups in total. The molecule has 0 aromatic heterocycles. The summed E-state index contributed by atoms with van der Waals surface area (Å²) in [6.45, 7) is 7.27. The summed E-state index contributed by atoms with van der Waals surface area (Å²) in [7, 11) is 0. The third-order valence-electron chi connectivity index (χ3n) is 5.08. The molecule has 0 fully saturated rings. The van der Waals surface area contributed by atoms with E-state index < -0.39 is 11.6 Å². The Morgan fingerprint density at radius 3 is 2.10 bits per heavy atom. The number of benzene rings is 2. The second-order valence-electron chi connectivity index (χ2n) is 7.80. The molecule has 3 rings (SSSR count). The average molecular weight is 394 g/mol. The van der Waals surface area contributed by atoms with Gasteiger partial charge in [0.15, 0.2) is 0 Å². The molecule has 2 aromatic carbocycles. The molecular weight excluding hydrogens is 368 g/mol. The maximum absolute atomic E-state index is 12.7. The number of fused-ring (bicyclic) bond motifs is 1. The number of imide groups is 1. The van der Waals surface area contributed by atoms with Gasteiger partial charge < -0.3 is 10.1 Å². The fourth-order valence-corrected chi connectivity index (χ4v) is 3.28. The van der Waals surface area contributed by atoms with Crippen LogP contribution in [0.5, 0.6) is 0 Å². The minimum atomic E-state index is -0.898. The fourth-order valence-electron chi connectivity index (χ4n) is 3.28. The molecule has 0 bridgehead atoms. The van der Waals surface area contributed by atoms with E-state index in [-0.39, 0.29) is 24.3 Å². The molecule has 29 heavy (non-hydrogen) atoms. The number of aryl methyl sites for hydroxylation is 1. The fraction of sp³-hybridized carbons (Fsp3) is 0.348. The van der Waals surface area contributed by atoms with Crippen LogP contribution in [-0.4, -0.2) is 40.9 Å². The number of rotatable bonds is 7. The lowest BCUT2D eigenvalue weighted by Gasteiger charge is -2.34. The predicted octanol–water partition coefficient (Wildman–Crippen LogP) is 3.67. The quantitative estimate of drug-likeness (QED) is 0.727. The first-order valence-corrected chi connectivity index (χ1v) is 9.74. The molecule has 1 aliphatic rings. The van der Waals surface area contributed by atoms with Gasteiger partial charge in [-0.2, -0.15) is 0 Å². The Bertz CT molecular complexity index is 899. The van der Waals surface area contributed by atoms with Crippen molar-refractivity contribution in [3.63, 3.8) is 0 Å². The van der Waals surface area contributed by atoms with Crippen molar-refractivity contribution in [2.75, 3.05) is 11.9 Å². The number of carbonyl (C=O) groups excluding carboxylic acids is 3. The first kappa shape index (κ1) is 20.7. The van der Waals surface area contributed by atoms with Crippen molar-refractivity contribution < 1.29 is 19.1 Å². The number of carbonyl (C=O) groups is 3. The molecule has 6 nitrogen and oxygen atoms in total. The number of amides is 3. The molecule has 0 radical (unpaired) electrons. The van der Waals surface area contributed by atoms with E-state index in [2.05, 4.69) is 12.2 Å². The summed E-state index contributed by atoms with van der Waals surface area (Å²) in [5.74, 6) is -0.966. The van der Waals surface area contributed by atoms with Crippen molar-refractivity contribution in [3.05, 3.63) is 65.2 Å². The Labute approximate surface area is 170 Å². The first-order valence-electron chi connectivity index (χ1n) is 9.74. The highest BCUT2D eigenvalue weighted by atomic mass is 16.5. The largest absolute Gasteiger partial charge is 0.366 e. The van der Waals surface area contributed by atoms with Crippen LogP contribution in [0, 0.1) is 0 Å². The van der Waals surface area contributed by atoms with E-state index in [1.807, 2.05) is 24.3 Å². The molecule has 0 saturated carbocycles. The van der Waals surface area contributed by atoms with E-state index in [1.165, 1.54) is 10.5 Å². The van der Waals surface area contributed by atoms with Gasteiger partial charge in [-0.3, -0.25) is 19.3 Å². The van der Waals surface area contributed by atoms with Crippen LogP contribution in [0.3, 0.4) is 0 Å². The summed E-state index contributed by atoms with van der Waals surface area (Å²) in [6.07, 6.45) is 0.191.